The van der Waals surface area contributed by atoms with Crippen LogP contribution in [0.4, 0.5) is 4.39 Å². The molecule has 2 heterocycles. The fourth-order valence-electron chi connectivity index (χ4n) is 2.62. The lowest BCUT2D eigenvalue weighted by Gasteiger charge is -2.31. The molecule has 0 spiro atoms. The molecule has 5 heteroatoms. The molecule has 0 radical (unpaired) electrons. The smallest absolute Gasteiger partial charge is 0.269 e. The Morgan fingerprint density at radius 2 is 2.25 bits per heavy atom. The molecule has 2 atom stereocenters. The maximum Gasteiger partial charge on any atom is 0.269 e. The minimum Gasteiger partial charge on any atom is -0.377 e. The highest BCUT2D eigenvalue weighted by Crippen LogP contribution is 2.34. The molecule has 110 valence electrons. The van der Waals surface area contributed by atoms with Gasteiger partial charge in [0.1, 0.15) is 11.5 Å². The monoisotopic (exact) mass is 280 g/mol. The Labute approximate surface area is 118 Å². The topological polar surface area (TPSA) is 51.2 Å². The molecule has 20 heavy (non-hydrogen) atoms. The molecular formula is C15H21FN2O2. The highest BCUT2D eigenvalue weighted by Gasteiger charge is 2.37. The number of amides is 1. The van der Waals surface area contributed by atoms with Gasteiger partial charge in [-0.05, 0) is 24.0 Å². The summed E-state index contributed by atoms with van der Waals surface area (Å²) in [5, 5.41) is 2.86. The van der Waals surface area contributed by atoms with Gasteiger partial charge in [-0.1, -0.05) is 20.8 Å². The summed E-state index contributed by atoms with van der Waals surface area (Å²) in [6, 6.07) is 2.62. The van der Waals surface area contributed by atoms with Gasteiger partial charge in [0, 0.05) is 19.1 Å². The first-order valence-electron chi connectivity index (χ1n) is 6.89. The lowest BCUT2D eigenvalue weighted by Crippen LogP contribution is -2.38. The zero-order valence-corrected chi connectivity index (χ0v) is 12.1. The number of nitrogens with zero attached hydrogens (tertiary/aromatic N) is 1. The van der Waals surface area contributed by atoms with Crippen LogP contribution in [0.1, 0.15) is 37.7 Å². The zero-order valence-electron chi connectivity index (χ0n) is 12.1. The van der Waals surface area contributed by atoms with E-state index in [0.29, 0.717) is 12.5 Å². The minimum absolute atomic E-state index is 0.0556. The molecule has 1 saturated heterocycles. The molecule has 1 amide bonds. The minimum atomic E-state index is -0.446. The summed E-state index contributed by atoms with van der Waals surface area (Å²) in [6.45, 7) is 7.70. The van der Waals surface area contributed by atoms with Crippen molar-refractivity contribution in [2.75, 3.05) is 13.2 Å². The largest absolute Gasteiger partial charge is 0.377 e. The van der Waals surface area contributed by atoms with E-state index in [2.05, 4.69) is 31.1 Å². The second kappa shape index (κ2) is 5.87. The van der Waals surface area contributed by atoms with E-state index in [0.717, 1.165) is 19.2 Å². The van der Waals surface area contributed by atoms with Crippen molar-refractivity contribution < 1.29 is 13.9 Å². The molecule has 0 aromatic carbocycles. The van der Waals surface area contributed by atoms with Gasteiger partial charge < -0.3 is 10.1 Å². The van der Waals surface area contributed by atoms with Crippen LogP contribution in [0.25, 0.3) is 0 Å². The van der Waals surface area contributed by atoms with E-state index in [9.17, 15) is 9.18 Å². The molecule has 0 unspecified atom stereocenters. The normalized spacial score (nSPS) is 22.8. The third kappa shape index (κ3) is 3.54. The van der Waals surface area contributed by atoms with Crippen LogP contribution in [0.2, 0.25) is 0 Å². The number of ether oxygens (including phenoxy) is 1. The van der Waals surface area contributed by atoms with Crippen molar-refractivity contribution >= 4 is 5.91 Å². The van der Waals surface area contributed by atoms with Gasteiger partial charge >= 0.3 is 0 Å². The molecular weight excluding hydrogens is 259 g/mol. The van der Waals surface area contributed by atoms with Gasteiger partial charge in [-0.15, -0.1) is 0 Å². The van der Waals surface area contributed by atoms with Gasteiger partial charge in [0.15, 0.2) is 0 Å². The number of pyridine rings is 1. The average Bonchev–Trinajstić information content (AvgIpc) is 2.85. The first kappa shape index (κ1) is 14.9. The fourth-order valence-corrected chi connectivity index (χ4v) is 2.62. The van der Waals surface area contributed by atoms with Crippen molar-refractivity contribution in [1.29, 1.82) is 0 Å². The maximum atomic E-state index is 12.8. The Balaban J connectivity index is 1.91. The Kier molecular flexibility index (Phi) is 4.38. The van der Waals surface area contributed by atoms with Crippen molar-refractivity contribution in [2.24, 2.45) is 11.3 Å². The first-order valence-corrected chi connectivity index (χ1v) is 6.89. The van der Waals surface area contributed by atoms with Crippen molar-refractivity contribution in [3.63, 3.8) is 0 Å². The van der Waals surface area contributed by atoms with Gasteiger partial charge in [0.2, 0.25) is 0 Å². The van der Waals surface area contributed by atoms with E-state index in [1.165, 1.54) is 12.1 Å². The summed E-state index contributed by atoms with van der Waals surface area (Å²) in [5.41, 5.74) is 0.289. The molecule has 0 bridgehead atoms. The summed E-state index contributed by atoms with van der Waals surface area (Å²) >= 11 is 0. The molecule has 2 rings (SSSR count). The van der Waals surface area contributed by atoms with Crippen LogP contribution in [0, 0.1) is 17.2 Å². The van der Waals surface area contributed by atoms with Crippen molar-refractivity contribution in [2.45, 2.75) is 33.3 Å². The van der Waals surface area contributed by atoms with E-state index in [1.54, 1.807) is 0 Å². The van der Waals surface area contributed by atoms with Crippen LogP contribution in [0.5, 0.6) is 0 Å². The second-order valence-electron chi connectivity index (χ2n) is 6.28. The second-order valence-corrected chi connectivity index (χ2v) is 6.28. The van der Waals surface area contributed by atoms with Crippen LogP contribution in [0.3, 0.4) is 0 Å². The quantitative estimate of drug-likeness (QED) is 0.925. The number of hydrogen-bond acceptors (Lipinski definition) is 3. The van der Waals surface area contributed by atoms with Gasteiger partial charge in [0.05, 0.1) is 12.3 Å². The lowest BCUT2D eigenvalue weighted by atomic mass is 9.81. The van der Waals surface area contributed by atoms with Crippen LogP contribution in [-0.2, 0) is 4.74 Å². The molecule has 0 aliphatic carbocycles. The Morgan fingerprint density at radius 3 is 2.85 bits per heavy atom. The summed E-state index contributed by atoms with van der Waals surface area (Å²) in [4.78, 5) is 15.7. The highest BCUT2D eigenvalue weighted by atomic mass is 19.1. The van der Waals surface area contributed by atoms with Crippen LogP contribution in [0.15, 0.2) is 18.3 Å². The van der Waals surface area contributed by atoms with Crippen molar-refractivity contribution in [3.05, 3.63) is 29.8 Å². The van der Waals surface area contributed by atoms with E-state index < -0.39 is 5.82 Å². The number of carbonyl (C=O) groups excluding carboxylic acids is 1. The fraction of sp³-hybridized carbons (Fsp3) is 0.600. The van der Waals surface area contributed by atoms with Gasteiger partial charge in [-0.3, -0.25) is 4.79 Å². The van der Waals surface area contributed by atoms with E-state index >= 15 is 0 Å². The highest BCUT2D eigenvalue weighted by molar-refractivity contribution is 5.92. The molecule has 1 aliphatic heterocycles. The third-order valence-electron chi connectivity index (χ3n) is 3.55. The molecule has 1 aromatic heterocycles. The molecule has 1 fully saturated rings. The van der Waals surface area contributed by atoms with Crippen molar-refractivity contribution in [1.82, 2.24) is 10.3 Å². The average molecular weight is 280 g/mol. The van der Waals surface area contributed by atoms with Crippen molar-refractivity contribution in [3.8, 4) is 0 Å². The zero-order chi connectivity index (χ0) is 14.8. The number of nitrogens with one attached hydrogen (secondary N) is 1. The van der Waals surface area contributed by atoms with E-state index in [4.69, 9.17) is 4.74 Å². The van der Waals surface area contributed by atoms with E-state index in [-0.39, 0.29) is 23.1 Å². The first-order chi connectivity index (χ1) is 9.38. The van der Waals surface area contributed by atoms with Gasteiger partial charge in [-0.25, -0.2) is 9.37 Å². The number of hydrogen-bond donors (Lipinski definition) is 1. The van der Waals surface area contributed by atoms with Crippen LogP contribution >= 0.6 is 0 Å². The SMILES string of the molecule is CC(C)(C)[C@H]1OCC[C@@H]1CNC(=O)c1ccc(F)cn1. The summed E-state index contributed by atoms with van der Waals surface area (Å²) in [7, 11) is 0. The summed E-state index contributed by atoms with van der Waals surface area (Å²) < 4.78 is 18.5. The predicted molar refractivity (Wildman–Crippen MR) is 73.8 cm³/mol. The summed E-state index contributed by atoms with van der Waals surface area (Å²) in [6.07, 6.45) is 2.13. The molecule has 1 N–H and O–H groups in total. The third-order valence-corrected chi connectivity index (χ3v) is 3.55. The Bertz CT molecular complexity index is 468. The number of carbonyl (C=O) groups is 1. The lowest BCUT2D eigenvalue weighted by molar-refractivity contribution is 0.00736. The van der Waals surface area contributed by atoms with E-state index in [1.807, 2.05) is 0 Å². The number of aromatic nitrogens is 1. The standard InChI is InChI=1S/C15H21FN2O2/c1-15(2,3)13-10(6-7-20-13)8-18-14(19)12-5-4-11(16)9-17-12/h4-5,9-10,13H,6-8H2,1-3H3,(H,18,19)/t10-,13+/m1/s1. The maximum absolute atomic E-state index is 12.8. The molecule has 4 nitrogen and oxygen atoms in total. The molecule has 1 aliphatic rings. The molecule has 0 saturated carbocycles. The van der Waals surface area contributed by atoms with Gasteiger partial charge in [0.25, 0.3) is 5.91 Å². The Hall–Kier alpha value is -1.49. The number of rotatable bonds is 3. The Morgan fingerprint density at radius 1 is 1.50 bits per heavy atom. The van der Waals surface area contributed by atoms with Gasteiger partial charge in [-0.2, -0.15) is 0 Å². The molecule has 1 aromatic rings. The van der Waals surface area contributed by atoms with Crippen LogP contribution < -0.4 is 5.32 Å². The summed E-state index contributed by atoms with van der Waals surface area (Å²) in [5.74, 6) is -0.414. The van der Waals surface area contributed by atoms with Crippen LogP contribution in [-0.4, -0.2) is 30.1 Å². The number of halogens is 1. The predicted octanol–water partition coefficient (Wildman–Crippen LogP) is 2.40.